The third kappa shape index (κ3) is 2.04. The minimum absolute atomic E-state index is 0.396. The van der Waals surface area contributed by atoms with E-state index < -0.39 is 31.4 Å². The summed E-state index contributed by atoms with van der Waals surface area (Å²) in [6, 6.07) is 4.99. The Bertz CT molecular complexity index is 515. The van der Waals surface area contributed by atoms with Crippen LogP contribution in [0.5, 0.6) is 0 Å². The van der Waals surface area contributed by atoms with Gasteiger partial charge in [-0.1, -0.05) is 12.1 Å². The largest absolute Gasteiger partial charge is 0.478 e. The first-order chi connectivity index (χ1) is 6.87. The summed E-state index contributed by atoms with van der Waals surface area (Å²) in [5.41, 5.74) is -0.396. The molecule has 80 valence electrons. The first-order valence-corrected chi connectivity index (χ1v) is 5.43. The lowest BCUT2D eigenvalue weighted by molar-refractivity contribution is -0.109. The molecular formula is C9H8O5S. The van der Waals surface area contributed by atoms with E-state index in [2.05, 4.69) is 0 Å². The Labute approximate surface area is 86.3 Å². The molecule has 6 heteroatoms. The van der Waals surface area contributed by atoms with Crippen molar-refractivity contribution in [1.29, 1.82) is 0 Å². The third-order valence-electron chi connectivity index (χ3n) is 1.79. The summed E-state index contributed by atoms with van der Waals surface area (Å²) < 4.78 is 22.9. The fraction of sp³-hybridized carbons (Fsp3) is 0.111. The van der Waals surface area contributed by atoms with Crippen LogP contribution < -0.4 is 0 Å². The van der Waals surface area contributed by atoms with Crippen LogP contribution in [0.3, 0.4) is 0 Å². The molecule has 5 nitrogen and oxygen atoms in total. The molecular weight excluding hydrogens is 220 g/mol. The number of sulfone groups is 1. The molecule has 0 bridgehead atoms. The fourth-order valence-corrected chi connectivity index (χ4v) is 2.04. The normalized spacial score (nSPS) is 11.0. The lowest BCUT2D eigenvalue weighted by atomic mass is 10.2. The van der Waals surface area contributed by atoms with Gasteiger partial charge in [0, 0.05) is 6.92 Å². The Kier molecular flexibility index (Phi) is 2.90. The van der Waals surface area contributed by atoms with Crippen molar-refractivity contribution in [1.82, 2.24) is 0 Å². The Balaban J connectivity index is 3.52. The van der Waals surface area contributed by atoms with Gasteiger partial charge in [-0.3, -0.25) is 4.79 Å². The highest BCUT2D eigenvalue weighted by Crippen LogP contribution is 2.17. The Hall–Kier alpha value is -1.69. The van der Waals surface area contributed by atoms with Crippen molar-refractivity contribution in [3.63, 3.8) is 0 Å². The second-order valence-electron chi connectivity index (χ2n) is 2.80. The standard InChI is InChI=1S/C9H8O5S/c1-6(10)15(13,14)8-5-3-2-4-7(8)9(11)12/h2-5H,1H3,(H,11,12). The molecule has 1 aromatic carbocycles. The predicted molar refractivity (Wildman–Crippen MR) is 51.3 cm³/mol. The van der Waals surface area contributed by atoms with Crippen LogP contribution in [0.15, 0.2) is 29.2 Å². The number of carbonyl (C=O) groups excluding carboxylic acids is 1. The second-order valence-corrected chi connectivity index (χ2v) is 4.82. The quantitative estimate of drug-likeness (QED) is 0.805. The van der Waals surface area contributed by atoms with Gasteiger partial charge >= 0.3 is 5.97 Å². The Morgan fingerprint density at radius 3 is 2.20 bits per heavy atom. The number of benzene rings is 1. The average Bonchev–Trinajstić information content (AvgIpc) is 2.17. The van der Waals surface area contributed by atoms with E-state index in [9.17, 15) is 18.0 Å². The first-order valence-electron chi connectivity index (χ1n) is 3.95. The summed E-state index contributed by atoms with van der Waals surface area (Å²) in [5, 5.41) is 7.66. The minimum atomic E-state index is -4.17. The molecule has 0 saturated heterocycles. The molecule has 1 aromatic rings. The van der Waals surface area contributed by atoms with E-state index in [1.54, 1.807) is 0 Å². The van der Waals surface area contributed by atoms with E-state index in [1.807, 2.05) is 0 Å². The maximum Gasteiger partial charge on any atom is 0.337 e. The number of hydrogen-bond donors (Lipinski definition) is 1. The first kappa shape index (κ1) is 11.4. The zero-order chi connectivity index (χ0) is 11.6. The maximum atomic E-state index is 11.4. The smallest absolute Gasteiger partial charge is 0.337 e. The SMILES string of the molecule is CC(=O)S(=O)(=O)c1ccccc1C(=O)O. The van der Waals surface area contributed by atoms with Gasteiger partial charge in [0.15, 0.2) is 0 Å². The predicted octanol–water partition coefficient (Wildman–Crippen LogP) is 0.705. The van der Waals surface area contributed by atoms with Crippen molar-refractivity contribution in [2.75, 3.05) is 0 Å². The van der Waals surface area contributed by atoms with Crippen molar-refractivity contribution in [2.45, 2.75) is 11.8 Å². The topological polar surface area (TPSA) is 88.5 Å². The van der Waals surface area contributed by atoms with Crippen LogP contribution in [0.1, 0.15) is 17.3 Å². The van der Waals surface area contributed by atoms with Crippen LogP contribution in [0.2, 0.25) is 0 Å². The highest BCUT2D eigenvalue weighted by molar-refractivity contribution is 8.06. The van der Waals surface area contributed by atoms with Crippen LogP contribution in [-0.4, -0.2) is 24.6 Å². The maximum absolute atomic E-state index is 11.4. The lowest BCUT2D eigenvalue weighted by Crippen LogP contribution is -2.15. The Morgan fingerprint density at radius 1 is 1.20 bits per heavy atom. The summed E-state index contributed by atoms with van der Waals surface area (Å²) in [7, 11) is -4.17. The van der Waals surface area contributed by atoms with Crippen molar-refractivity contribution < 1.29 is 23.1 Å². The van der Waals surface area contributed by atoms with Crippen molar-refractivity contribution in [3.8, 4) is 0 Å². The van der Waals surface area contributed by atoms with Gasteiger partial charge in [0.2, 0.25) is 15.0 Å². The summed E-state index contributed by atoms with van der Waals surface area (Å²) in [6.07, 6.45) is 0. The zero-order valence-corrected chi connectivity index (χ0v) is 8.61. The van der Waals surface area contributed by atoms with Gasteiger partial charge in [0.25, 0.3) is 0 Å². The number of carbonyl (C=O) groups is 2. The van der Waals surface area contributed by atoms with Crippen molar-refractivity contribution in [3.05, 3.63) is 29.8 Å². The number of rotatable bonds is 2. The fourth-order valence-electron chi connectivity index (χ4n) is 1.03. The van der Waals surface area contributed by atoms with Crippen LogP contribution in [0.25, 0.3) is 0 Å². The van der Waals surface area contributed by atoms with Crippen LogP contribution >= 0.6 is 0 Å². The van der Waals surface area contributed by atoms with Crippen LogP contribution in [0, 0.1) is 0 Å². The van der Waals surface area contributed by atoms with E-state index in [0.717, 1.165) is 19.1 Å². The van der Waals surface area contributed by atoms with E-state index in [4.69, 9.17) is 5.11 Å². The number of aromatic carboxylic acids is 1. The minimum Gasteiger partial charge on any atom is -0.478 e. The molecule has 0 heterocycles. The molecule has 0 unspecified atom stereocenters. The van der Waals surface area contributed by atoms with Crippen LogP contribution in [0.4, 0.5) is 0 Å². The van der Waals surface area contributed by atoms with Crippen LogP contribution in [-0.2, 0) is 14.6 Å². The molecule has 1 N–H and O–H groups in total. The third-order valence-corrected chi connectivity index (χ3v) is 3.48. The number of carboxylic acids is 1. The van der Waals surface area contributed by atoms with Gasteiger partial charge < -0.3 is 5.11 Å². The molecule has 0 spiro atoms. The van der Waals surface area contributed by atoms with E-state index in [0.29, 0.717) is 0 Å². The summed E-state index contributed by atoms with van der Waals surface area (Å²) in [6.45, 7) is 0.883. The summed E-state index contributed by atoms with van der Waals surface area (Å²) in [4.78, 5) is 21.1. The molecule has 0 atom stereocenters. The van der Waals surface area contributed by atoms with E-state index in [1.165, 1.54) is 12.1 Å². The summed E-state index contributed by atoms with van der Waals surface area (Å²) >= 11 is 0. The molecule has 1 rings (SSSR count). The summed E-state index contributed by atoms with van der Waals surface area (Å²) in [5.74, 6) is -1.38. The number of carboxylic acid groups (broad SMARTS) is 1. The van der Waals surface area contributed by atoms with Gasteiger partial charge in [-0.2, -0.15) is 0 Å². The zero-order valence-electron chi connectivity index (χ0n) is 7.80. The van der Waals surface area contributed by atoms with Gasteiger partial charge in [-0.05, 0) is 12.1 Å². The van der Waals surface area contributed by atoms with E-state index in [-0.39, 0.29) is 0 Å². The van der Waals surface area contributed by atoms with Gasteiger partial charge in [-0.25, -0.2) is 13.2 Å². The molecule has 0 fully saturated rings. The molecule has 0 aliphatic carbocycles. The number of hydrogen-bond acceptors (Lipinski definition) is 4. The Morgan fingerprint density at radius 2 is 1.73 bits per heavy atom. The lowest BCUT2D eigenvalue weighted by Gasteiger charge is -2.03. The molecule has 0 aromatic heterocycles. The van der Waals surface area contributed by atoms with Gasteiger partial charge in [0.1, 0.15) is 0 Å². The molecule has 0 amide bonds. The molecule has 0 aliphatic rings. The van der Waals surface area contributed by atoms with Gasteiger partial charge in [-0.15, -0.1) is 0 Å². The van der Waals surface area contributed by atoms with E-state index >= 15 is 0 Å². The monoisotopic (exact) mass is 228 g/mol. The second kappa shape index (κ2) is 3.82. The molecule has 0 radical (unpaired) electrons. The van der Waals surface area contributed by atoms with Crippen molar-refractivity contribution >= 4 is 20.9 Å². The molecule has 15 heavy (non-hydrogen) atoms. The van der Waals surface area contributed by atoms with Crippen molar-refractivity contribution in [2.24, 2.45) is 0 Å². The highest BCUT2D eigenvalue weighted by Gasteiger charge is 2.25. The highest BCUT2D eigenvalue weighted by atomic mass is 32.2. The molecule has 0 aliphatic heterocycles. The molecule has 0 saturated carbocycles. The average molecular weight is 228 g/mol. The van der Waals surface area contributed by atoms with Gasteiger partial charge in [0.05, 0.1) is 10.5 Å².